The van der Waals surface area contributed by atoms with Gasteiger partial charge in [-0.1, -0.05) is 11.6 Å². The largest absolute Gasteiger partial charge is 0.280 e. The van der Waals surface area contributed by atoms with Crippen molar-refractivity contribution in [2.45, 2.75) is 13.3 Å². The maximum absolute atomic E-state index is 12.3. The Morgan fingerprint density at radius 3 is 2.64 bits per heavy atom. The van der Waals surface area contributed by atoms with E-state index >= 15 is 0 Å². The molecule has 4 nitrogen and oxygen atoms in total. The van der Waals surface area contributed by atoms with Gasteiger partial charge in [-0.05, 0) is 6.92 Å². The van der Waals surface area contributed by atoms with Gasteiger partial charge in [-0.25, -0.2) is 13.8 Å². The van der Waals surface area contributed by atoms with Crippen LogP contribution in [-0.2, 0) is 0 Å². The van der Waals surface area contributed by atoms with Crippen LogP contribution >= 0.6 is 11.6 Å². The third-order valence-electron chi connectivity index (χ3n) is 1.65. The zero-order valence-corrected chi connectivity index (χ0v) is 7.76. The number of hydrogen-bond acceptors (Lipinski definition) is 3. The van der Waals surface area contributed by atoms with Crippen molar-refractivity contribution in [3.8, 4) is 0 Å². The van der Waals surface area contributed by atoms with Crippen molar-refractivity contribution in [2.24, 2.45) is 0 Å². The minimum atomic E-state index is -2.87. The molecule has 0 N–H and O–H groups in total. The van der Waals surface area contributed by atoms with Gasteiger partial charge in [-0.2, -0.15) is 0 Å². The molecule has 0 saturated heterocycles. The van der Waals surface area contributed by atoms with Crippen LogP contribution in [0.3, 0.4) is 0 Å². The smallest absolute Gasteiger partial charge is 0.258 e. The van der Waals surface area contributed by atoms with E-state index in [0.717, 1.165) is 6.07 Å². The third-order valence-corrected chi connectivity index (χ3v) is 1.85. The Kier molecular flexibility index (Phi) is 2.95. The standard InChI is InChI=1S/C7H5ClF2N2O2/c1-3-4(12(13)14)2-5(8)11-6(3)7(9)10/h2,7H,1H3. The van der Waals surface area contributed by atoms with Crippen molar-refractivity contribution >= 4 is 17.3 Å². The van der Waals surface area contributed by atoms with E-state index in [1.165, 1.54) is 6.92 Å². The number of halogens is 3. The van der Waals surface area contributed by atoms with E-state index in [1.807, 2.05) is 0 Å². The number of nitrogens with zero attached hydrogens (tertiary/aromatic N) is 2. The molecule has 0 saturated carbocycles. The molecule has 1 heterocycles. The van der Waals surface area contributed by atoms with Crippen molar-refractivity contribution in [1.82, 2.24) is 4.98 Å². The van der Waals surface area contributed by atoms with Crippen LogP contribution in [0.2, 0.25) is 5.15 Å². The van der Waals surface area contributed by atoms with Crippen molar-refractivity contribution in [3.05, 3.63) is 32.6 Å². The van der Waals surface area contributed by atoms with Gasteiger partial charge in [0.1, 0.15) is 10.8 Å². The van der Waals surface area contributed by atoms with Gasteiger partial charge in [0.05, 0.1) is 16.6 Å². The first-order valence-corrected chi connectivity index (χ1v) is 3.91. The van der Waals surface area contributed by atoms with E-state index in [1.54, 1.807) is 0 Å². The van der Waals surface area contributed by atoms with E-state index in [0.29, 0.717) is 0 Å². The number of nitro groups is 1. The summed E-state index contributed by atoms with van der Waals surface area (Å²) in [4.78, 5) is 13.0. The molecule has 0 unspecified atom stereocenters. The molecule has 14 heavy (non-hydrogen) atoms. The number of rotatable bonds is 2. The van der Waals surface area contributed by atoms with Gasteiger partial charge in [0.25, 0.3) is 12.1 Å². The van der Waals surface area contributed by atoms with Crippen LogP contribution in [0.15, 0.2) is 6.07 Å². The average molecular weight is 223 g/mol. The molecule has 0 radical (unpaired) electrons. The summed E-state index contributed by atoms with van der Waals surface area (Å²) in [5.41, 5.74) is -1.25. The van der Waals surface area contributed by atoms with Crippen LogP contribution in [0.5, 0.6) is 0 Å². The fraction of sp³-hybridized carbons (Fsp3) is 0.286. The summed E-state index contributed by atoms with van der Waals surface area (Å²) < 4.78 is 24.6. The van der Waals surface area contributed by atoms with Crippen LogP contribution in [0.1, 0.15) is 17.7 Å². The minimum absolute atomic E-state index is 0.158. The Morgan fingerprint density at radius 2 is 2.21 bits per heavy atom. The number of pyridine rings is 1. The maximum Gasteiger partial charge on any atom is 0.280 e. The van der Waals surface area contributed by atoms with Gasteiger partial charge in [0.15, 0.2) is 0 Å². The van der Waals surface area contributed by atoms with E-state index < -0.39 is 22.7 Å². The van der Waals surface area contributed by atoms with Crippen molar-refractivity contribution in [2.75, 3.05) is 0 Å². The summed E-state index contributed by atoms with van der Waals surface area (Å²) in [6.45, 7) is 1.21. The summed E-state index contributed by atoms with van der Waals surface area (Å²) in [5.74, 6) is 0. The quantitative estimate of drug-likeness (QED) is 0.439. The predicted molar refractivity (Wildman–Crippen MR) is 45.6 cm³/mol. The van der Waals surface area contributed by atoms with Crippen LogP contribution in [-0.4, -0.2) is 9.91 Å². The molecule has 1 rings (SSSR count). The van der Waals surface area contributed by atoms with E-state index in [4.69, 9.17) is 11.6 Å². The Balaban J connectivity index is 3.40. The summed E-state index contributed by atoms with van der Waals surface area (Å²) in [7, 11) is 0. The van der Waals surface area contributed by atoms with E-state index in [9.17, 15) is 18.9 Å². The number of alkyl halides is 2. The third kappa shape index (κ3) is 1.95. The molecular weight excluding hydrogens is 218 g/mol. The van der Waals surface area contributed by atoms with Crippen molar-refractivity contribution < 1.29 is 13.7 Å². The van der Waals surface area contributed by atoms with E-state index in [-0.39, 0.29) is 10.7 Å². The number of aromatic nitrogens is 1. The average Bonchev–Trinajstić information content (AvgIpc) is 2.07. The zero-order valence-electron chi connectivity index (χ0n) is 7.00. The summed E-state index contributed by atoms with van der Waals surface area (Å²) in [5, 5.41) is 10.1. The van der Waals surface area contributed by atoms with Gasteiger partial charge in [-0.15, -0.1) is 0 Å². The first-order chi connectivity index (χ1) is 6.43. The summed E-state index contributed by atoms with van der Waals surface area (Å²) >= 11 is 5.36. The van der Waals surface area contributed by atoms with Gasteiger partial charge < -0.3 is 0 Å². The highest BCUT2D eigenvalue weighted by molar-refractivity contribution is 6.29. The first-order valence-electron chi connectivity index (χ1n) is 3.53. The van der Waals surface area contributed by atoms with E-state index in [2.05, 4.69) is 4.98 Å². The Morgan fingerprint density at radius 1 is 1.64 bits per heavy atom. The maximum atomic E-state index is 12.3. The van der Waals surface area contributed by atoms with Crippen LogP contribution < -0.4 is 0 Å². The molecule has 0 amide bonds. The monoisotopic (exact) mass is 222 g/mol. The number of hydrogen-bond donors (Lipinski definition) is 0. The van der Waals surface area contributed by atoms with Gasteiger partial charge in [-0.3, -0.25) is 10.1 Å². The molecule has 0 spiro atoms. The molecule has 0 aliphatic rings. The fourth-order valence-corrected chi connectivity index (χ4v) is 1.18. The molecule has 1 aromatic rings. The molecule has 0 atom stereocenters. The molecule has 7 heteroatoms. The molecular formula is C7H5ClF2N2O2. The van der Waals surface area contributed by atoms with Crippen LogP contribution in [0, 0.1) is 17.0 Å². The molecule has 0 bridgehead atoms. The molecule has 0 aromatic carbocycles. The highest BCUT2D eigenvalue weighted by Gasteiger charge is 2.22. The second kappa shape index (κ2) is 3.83. The Labute approximate surface area is 82.7 Å². The van der Waals surface area contributed by atoms with Crippen LogP contribution in [0.4, 0.5) is 14.5 Å². The first kappa shape index (κ1) is 10.8. The minimum Gasteiger partial charge on any atom is -0.258 e. The van der Waals surface area contributed by atoms with Gasteiger partial charge >= 0.3 is 0 Å². The fourth-order valence-electron chi connectivity index (χ4n) is 0.986. The Hall–Kier alpha value is -1.30. The van der Waals surface area contributed by atoms with Gasteiger partial charge in [0.2, 0.25) is 0 Å². The second-order valence-electron chi connectivity index (χ2n) is 2.53. The molecule has 0 aliphatic carbocycles. The zero-order chi connectivity index (χ0) is 10.9. The summed E-state index contributed by atoms with van der Waals surface area (Å²) in [6, 6.07) is 0.947. The summed E-state index contributed by atoms with van der Waals surface area (Å²) in [6.07, 6.45) is -2.87. The lowest BCUT2D eigenvalue weighted by atomic mass is 10.2. The lowest BCUT2D eigenvalue weighted by Gasteiger charge is -2.04. The lowest BCUT2D eigenvalue weighted by molar-refractivity contribution is -0.385. The molecule has 0 aliphatic heterocycles. The second-order valence-corrected chi connectivity index (χ2v) is 2.92. The van der Waals surface area contributed by atoms with Gasteiger partial charge in [0, 0.05) is 0 Å². The highest BCUT2D eigenvalue weighted by Crippen LogP contribution is 2.29. The topological polar surface area (TPSA) is 56.0 Å². The van der Waals surface area contributed by atoms with Crippen molar-refractivity contribution in [3.63, 3.8) is 0 Å². The van der Waals surface area contributed by atoms with Crippen LogP contribution in [0.25, 0.3) is 0 Å². The SMILES string of the molecule is Cc1c([N+](=O)[O-])cc(Cl)nc1C(F)F. The lowest BCUT2D eigenvalue weighted by Crippen LogP contribution is -2.00. The molecule has 1 aromatic heterocycles. The Bertz CT molecular complexity index is 384. The predicted octanol–water partition coefficient (Wildman–Crippen LogP) is 2.89. The molecule has 76 valence electrons. The van der Waals surface area contributed by atoms with Crippen molar-refractivity contribution in [1.29, 1.82) is 0 Å². The molecule has 0 fully saturated rings. The normalized spacial score (nSPS) is 10.6. The highest BCUT2D eigenvalue weighted by atomic mass is 35.5.